The average Bonchev–Trinajstić information content (AvgIpc) is 3.06. The number of aromatic nitrogens is 6. The van der Waals surface area contributed by atoms with Crippen LogP contribution in [0.15, 0.2) is 0 Å². The first-order valence-corrected chi connectivity index (χ1v) is 8.90. The third-order valence-corrected chi connectivity index (χ3v) is 4.09. The van der Waals surface area contributed by atoms with E-state index in [4.69, 9.17) is 10.5 Å². The summed E-state index contributed by atoms with van der Waals surface area (Å²) >= 11 is 0. The van der Waals surface area contributed by atoms with Crippen LogP contribution in [-0.2, 0) is 13.6 Å². The fourth-order valence-corrected chi connectivity index (χ4v) is 2.10. The van der Waals surface area contributed by atoms with Crippen molar-refractivity contribution < 1.29 is 26.7 Å². The molecule has 0 aliphatic rings. The molecule has 0 saturated carbocycles. The van der Waals surface area contributed by atoms with Crippen molar-refractivity contribution in [1.29, 1.82) is 0 Å². The second-order valence-electron chi connectivity index (χ2n) is 6.38. The smallest absolute Gasteiger partial charge is 0.425 e. The predicted molar refractivity (Wildman–Crippen MR) is 97.1 cm³/mol. The summed E-state index contributed by atoms with van der Waals surface area (Å²) in [4.78, 5) is 7.65. The maximum absolute atomic E-state index is 13.4. The van der Waals surface area contributed by atoms with Crippen LogP contribution < -0.4 is 21.1 Å². The van der Waals surface area contributed by atoms with Crippen LogP contribution in [-0.4, -0.2) is 54.9 Å². The third kappa shape index (κ3) is 6.25. The van der Waals surface area contributed by atoms with Gasteiger partial charge >= 0.3 is 12.2 Å². The Balaban J connectivity index is 2.24. The highest BCUT2D eigenvalue weighted by Gasteiger charge is 2.39. The molecule has 4 N–H and O–H groups in total. The van der Waals surface area contributed by atoms with Crippen molar-refractivity contribution in [3.05, 3.63) is 5.82 Å². The number of aryl methyl sites for hydroxylation is 1. The molecule has 0 radical (unpaired) electrons. The summed E-state index contributed by atoms with van der Waals surface area (Å²) in [6.45, 7) is 1.94. The molecule has 2 aromatic rings. The van der Waals surface area contributed by atoms with Gasteiger partial charge in [-0.05, 0) is 17.4 Å². The number of hydrogen-bond acceptors (Lipinski definition) is 9. The number of nitrogens with one attached hydrogen (secondary N) is 2. The molecule has 0 saturated heterocycles. The number of nitrogens with two attached hydrogens (primary N) is 1. The van der Waals surface area contributed by atoms with Crippen LogP contribution in [0, 0.1) is 0 Å². The van der Waals surface area contributed by atoms with Crippen LogP contribution in [0.1, 0.15) is 32.5 Å². The molecular formula is C15H22F5N9O. The predicted octanol–water partition coefficient (Wildman–Crippen LogP) is 2.37. The Hall–Kier alpha value is -3.00. The minimum absolute atomic E-state index is 0.0341. The van der Waals surface area contributed by atoms with Gasteiger partial charge in [0.2, 0.25) is 5.92 Å². The van der Waals surface area contributed by atoms with Crippen LogP contribution in [0.5, 0.6) is 6.01 Å². The molecular weight excluding hydrogens is 417 g/mol. The molecule has 168 valence electrons. The van der Waals surface area contributed by atoms with Gasteiger partial charge in [-0.2, -0.15) is 23.1 Å². The van der Waals surface area contributed by atoms with Crippen molar-refractivity contribution >= 4 is 17.3 Å². The molecule has 0 spiro atoms. The third-order valence-electron chi connectivity index (χ3n) is 4.09. The Morgan fingerprint density at radius 1 is 1.13 bits per heavy atom. The minimum atomic E-state index is -4.65. The number of nitrogen functional groups attached to an aromatic ring is 1. The zero-order valence-electron chi connectivity index (χ0n) is 16.5. The molecule has 2 aromatic heterocycles. The number of nitrogens with zero attached hydrogens (tertiary/aromatic N) is 6. The molecule has 15 heteroatoms. The normalized spacial score (nSPS) is 13.2. The summed E-state index contributed by atoms with van der Waals surface area (Å²) in [7, 11) is 1.58. The topological polar surface area (TPSA) is 129 Å². The molecule has 0 unspecified atom stereocenters. The van der Waals surface area contributed by atoms with Gasteiger partial charge in [-0.15, -0.1) is 5.10 Å². The maximum atomic E-state index is 13.4. The van der Waals surface area contributed by atoms with E-state index in [1.165, 1.54) is 11.6 Å². The number of alkyl halides is 5. The first kappa shape index (κ1) is 23.3. The van der Waals surface area contributed by atoms with E-state index in [1.807, 2.05) is 0 Å². The highest BCUT2D eigenvalue weighted by atomic mass is 19.4. The summed E-state index contributed by atoms with van der Waals surface area (Å²) in [5.74, 6) is -2.73. The molecule has 2 heterocycles. The van der Waals surface area contributed by atoms with Gasteiger partial charge in [0.15, 0.2) is 23.6 Å². The Morgan fingerprint density at radius 2 is 1.77 bits per heavy atom. The zero-order valence-corrected chi connectivity index (χ0v) is 16.5. The quantitative estimate of drug-likeness (QED) is 0.478. The van der Waals surface area contributed by atoms with Crippen molar-refractivity contribution in [2.45, 2.75) is 51.4 Å². The Labute approximate surface area is 168 Å². The minimum Gasteiger partial charge on any atom is -0.451 e. The van der Waals surface area contributed by atoms with E-state index < -0.39 is 30.6 Å². The van der Waals surface area contributed by atoms with Crippen LogP contribution in [0.3, 0.4) is 0 Å². The molecule has 0 bridgehead atoms. The number of rotatable bonds is 10. The molecule has 0 fully saturated rings. The van der Waals surface area contributed by atoms with E-state index in [0.29, 0.717) is 5.82 Å². The van der Waals surface area contributed by atoms with Crippen LogP contribution in [0.2, 0.25) is 0 Å². The number of tetrazole rings is 1. The van der Waals surface area contributed by atoms with Gasteiger partial charge in [-0.1, -0.05) is 6.92 Å². The first-order valence-electron chi connectivity index (χ1n) is 8.90. The van der Waals surface area contributed by atoms with Crippen molar-refractivity contribution in [2.75, 3.05) is 22.9 Å². The van der Waals surface area contributed by atoms with Gasteiger partial charge in [-0.25, -0.2) is 13.5 Å². The van der Waals surface area contributed by atoms with E-state index in [0.717, 1.165) is 6.92 Å². The van der Waals surface area contributed by atoms with E-state index in [2.05, 4.69) is 36.1 Å². The summed E-state index contributed by atoms with van der Waals surface area (Å²) in [6.07, 6.45) is -7.73. The summed E-state index contributed by atoms with van der Waals surface area (Å²) < 4.78 is 71.5. The molecule has 0 aliphatic carbocycles. The highest BCUT2D eigenvalue weighted by Crippen LogP contribution is 2.30. The van der Waals surface area contributed by atoms with E-state index in [-0.39, 0.29) is 36.8 Å². The lowest BCUT2D eigenvalue weighted by molar-refractivity contribution is -0.190. The van der Waals surface area contributed by atoms with Gasteiger partial charge in [0, 0.05) is 26.4 Å². The molecule has 0 aromatic carbocycles. The highest BCUT2D eigenvalue weighted by molar-refractivity contribution is 5.74. The average molecular weight is 439 g/mol. The summed E-state index contributed by atoms with van der Waals surface area (Å²) in [6, 6.07) is -0.627. The molecule has 30 heavy (non-hydrogen) atoms. The summed E-state index contributed by atoms with van der Waals surface area (Å²) in [5.41, 5.74) is 5.87. The van der Waals surface area contributed by atoms with E-state index in [1.54, 1.807) is 7.05 Å². The van der Waals surface area contributed by atoms with Crippen molar-refractivity contribution in [3.63, 3.8) is 0 Å². The van der Waals surface area contributed by atoms with E-state index >= 15 is 0 Å². The Kier molecular flexibility index (Phi) is 7.15. The fourth-order valence-electron chi connectivity index (χ4n) is 2.10. The number of hydrogen-bond donors (Lipinski definition) is 3. The first-order chi connectivity index (χ1) is 13.9. The van der Waals surface area contributed by atoms with Crippen LogP contribution in [0.4, 0.5) is 39.3 Å². The largest absolute Gasteiger partial charge is 0.451 e. The van der Waals surface area contributed by atoms with Crippen molar-refractivity contribution in [1.82, 2.24) is 30.2 Å². The molecule has 0 aliphatic heterocycles. The number of halogens is 5. The second-order valence-corrected chi connectivity index (χ2v) is 6.38. The standard InChI is InChI=1S/C15H22F5N9O/c1-4-14(16,17)5-6-22-11-10(21)12(23-7-9-26-27-28-29(9)3)25-13(24-11)30-8(2)15(18,19)20/h8H,4-7,21H2,1-3H3,(H2,22,23,24,25)/t8-/m0/s1. The lowest BCUT2D eigenvalue weighted by Gasteiger charge is -2.19. The monoisotopic (exact) mass is 439 g/mol. The second kappa shape index (κ2) is 9.21. The zero-order chi connectivity index (χ0) is 22.5. The number of ether oxygens (including phenoxy) is 1. The van der Waals surface area contributed by atoms with Gasteiger partial charge in [0.1, 0.15) is 5.69 Å². The molecule has 1 atom stereocenters. The Morgan fingerprint density at radius 3 is 2.30 bits per heavy atom. The number of anilines is 3. The lowest BCUT2D eigenvalue weighted by Crippen LogP contribution is -2.32. The molecule has 2 rings (SSSR count). The van der Waals surface area contributed by atoms with Crippen molar-refractivity contribution in [3.8, 4) is 6.01 Å². The lowest BCUT2D eigenvalue weighted by atomic mass is 10.2. The van der Waals surface area contributed by atoms with E-state index in [9.17, 15) is 22.0 Å². The summed E-state index contributed by atoms with van der Waals surface area (Å²) in [5, 5.41) is 16.2. The van der Waals surface area contributed by atoms with Gasteiger partial charge < -0.3 is 21.1 Å². The van der Waals surface area contributed by atoms with Gasteiger partial charge in [0.05, 0.1) is 6.54 Å². The van der Waals surface area contributed by atoms with Crippen LogP contribution in [0.25, 0.3) is 0 Å². The SMILES string of the molecule is CCC(F)(F)CCNc1nc(O[C@@H](C)C(F)(F)F)nc(NCc2nnnn2C)c1N. The molecule has 0 amide bonds. The van der Waals surface area contributed by atoms with Gasteiger partial charge in [0.25, 0.3) is 0 Å². The molecule has 10 nitrogen and oxygen atoms in total. The fraction of sp³-hybridized carbons (Fsp3) is 0.667. The van der Waals surface area contributed by atoms with Crippen molar-refractivity contribution in [2.24, 2.45) is 7.05 Å². The van der Waals surface area contributed by atoms with Crippen LogP contribution >= 0.6 is 0 Å². The maximum Gasteiger partial charge on any atom is 0.425 e. The van der Waals surface area contributed by atoms with Gasteiger partial charge in [-0.3, -0.25) is 0 Å². The Bertz CT molecular complexity index is 842.